The van der Waals surface area contributed by atoms with Crippen LogP contribution in [0.25, 0.3) is 0 Å². The zero-order chi connectivity index (χ0) is 16.2. The molecule has 23 heavy (non-hydrogen) atoms. The highest BCUT2D eigenvalue weighted by Gasteiger charge is 2.19. The standard InChI is InChI=1S/C16H18ClN3O2S/c1-11-18-12(10-23-11)9-15(21)19-14-4-2-3-13(17)16(14)20-5-7-22-8-6-20/h2-4,10H,5-9H2,1H3,(H,19,21). The molecular formula is C16H18ClN3O2S. The van der Waals surface area contributed by atoms with Crippen LogP contribution >= 0.6 is 22.9 Å². The number of amides is 1. The van der Waals surface area contributed by atoms with Gasteiger partial charge >= 0.3 is 0 Å². The van der Waals surface area contributed by atoms with Crippen LogP contribution in [0.4, 0.5) is 11.4 Å². The average molecular weight is 352 g/mol. The van der Waals surface area contributed by atoms with Gasteiger partial charge in [-0.2, -0.15) is 0 Å². The maximum atomic E-state index is 12.3. The van der Waals surface area contributed by atoms with E-state index in [0.29, 0.717) is 18.2 Å². The van der Waals surface area contributed by atoms with E-state index in [9.17, 15) is 4.79 Å². The zero-order valence-corrected chi connectivity index (χ0v) is 14.4. The zero-order valence-electron chi connectivity index (χ0n) is 12.8. The number of aromatic nitrogens is 1. The Labute approximate surface area is 144 Å². The maximum absolute atomic E-state index is 12.3. The van der Waals surface area contributed by atoms with Gasteiger partial charge < -0.3 is 15.0 Å². The van der Waals surface area contributed by atoms with Crippen LogP contribution < -0.4 is 10.2 Å². The Morgan fingerprint density at radius 3 is 2.91 bits per heavy atom. The van der Waals surface area contributed by atoms with Crippen molar-refractivity contribution in [2.45, 2.75) is 13.3 Å². The van der Waals surface area contributed by atoms with Gasteiger partial charge in [0.05, 0.1) is 46.7 Å². The van der Waals surface area contributed by atoms with Crippen LogP contribution in [0.5, 0.6) is 0 Å². The Morgan fingerprint density at radius 2 is 2.22 bits per heavy atom. The van der Waals surface area contributed by atoms with Crippen LogP contribution in [0.1, 0.15) is 10.7 Å². The van der Waals surface area contributed by atoms with Crippen LogP contribution in [-0.2, 0) is 16.0 Å². The molecule has 1 fully saturated rings. The number of morpholine rings is 1. The van der Waals surface area contributed by atoms with Gasteiger partial charge in [-0.15, -0.1) is 11.3 Å². The molecule has 0 aliphatic carbocycles. The molecule has 0 spiro atoms. The molecule has 1 amide bonds. The Morgan fingerprint density at radius 1 is 1.43 bits per heavy atom. The first kappa shape index (κ1) is 16.2. The lowest BCUT2D eigenvalue weighted by Crippen LogP contribution is -2.37. The number of rotatable bonds is 4. The van der Waals surface area contributed by atoms with Crippen LogP contribution in [0, 0.1) is 6.92 Å². The van der Waals surface area contributed by atoms with E-state index in [1.54, 1.807) is 11.3 Å². The van der Waals surface area contributed by atoms with Crippen LogP contribution in [-0.4, -0.2) is 37.2 Å². The molecule has 1 saturated heterocycles. The van der Waals surface area contributed by atoms with Crippen molar-refractivity contribution >= 4 is 40.2 Å². The molecule has 122 valence electrons. The molecular weight excluding hydrogens is 334 g/mol. The number of halogens is 1. The van der Waals surface area contributed by atoms with Crippen molar-refractivity contribution in [3.8, 4) is 0 Å². The molecule has 1 N–H and O–H groups in total. The molecule has 5 nitrogen and oxygen atoms in total. The summed E-state index contributed by atoms with van der Waals surface area (Å²) in [6.45, 7) is 4.78. The molecule has 0 unspecified atom stereocenters. The maximum Gasteiger partial charge on any atom is 0.230 e. The minimum Gasteiger partial charge on any atom is -0.378 e. The van der Waals surface area contributed by atoms with Gasteiger partial charge in [0, 0.05) is 18.5 Å². The van der Waals surface area contributed by atoms with E-state index in [1.807, 2.05) is 30.5 Å². The van der Waals surface area contributed by atoms with E-state index in [1.165, 1.54) is 0 Å². The van der Waals surface area contributed by atoms with Crippen molar-refractivity contribution < 1.29 is 9.53 Å². The monoisotopic (exact) mass is 351 g/mol. The number of para-hydroxylation sites is 1. The van der Waals surface area contributed by atoms with Gasteiger partial charge in [0.1, 0.15) is 0 Å². The van der Waals surface area contributed by atoms with Gasteiger partial charge in [-0.25, -0.2) is 4.98 Å². The number of aryl methyl sites for hydroxylation is 1. The fourth-order valence-electron chi connectivity index (χ4n) is 2.57. The molecule has 1 aromatic heterocycles. The molecule has 3 rings (SSSR count). The van der Waals surface area contributed by atoms with E-state index < -0.39 is 0 Å². The minimum atomic E-state index is -0.0907. The third-order valence-corrected chi connectivity index (χ3v) is 4.72. The lowest BCUT2D eigenvalue weighted by molar-refractivity contribution is -0.115. The summed E-state index contributed by atoms with van der Waals surface area (Å²) in [5.74, 6) is -0.0907. The summed E-state index contributed by atoms with van der Waals surface area (Å²) in [5.41, 5.74) is 2.39. The highest BCUT2D eigenvalue weighted by atomic mass is 35.5. The quantitative estimate of drug-likeness (QED) is 0.919. The Kier molecular flexibility index (Phi) is 5.15. The van der Waals surface area contributed by atoms with E-state index in [0.717, 1.165) is 35.2 Å². The predicted octanol–water partition coefficient (Wildman–Crippen LogP) is 3.12. The first-order valence-electron chi connectivity index (χ1n) is 7.45. The Balaban J connectivity index is 1.76. The fourth-order valence-corrected chi connectivity index (χ4v) is 3.48. The fraction of sp³-hybridized carbons (Fsp3) is 0.375. The SMILES string of the molecule is Cc1nc(CC(=O)Nc2cccc(Cl)c2N2CCOCC2)cs1. The number of hydrogen-bond donors (Lipinski definition) is 1. The topological polar surface area (TPSA) is 54.5 Å². The van der Waals surface area contributed by atoms with Crippen molar-refractivity contribution in [3.05, 3.63) is 39.3 Å². The molecule has 2 aromatic rings. The van der Waals surface area contributed by atoms with Crippen LogP contribution in [0.15, 0.2) is 23.6 Å². The van der Waals surface area contributed by atoms with E-state index >= 15 is 0 Å². The van der Waals surface area contributed by atoms with Gasteiger partial charge in [0.15, 0.2) is 0 Å². The number of nitrogens with zero attached hydrogens (tertiary/aromatic N) is 2. The molecule has 2 heterocycles. The average Bonchev–Trinajstić information content (AvgIpc) is 2.93. The van der Waals surface area contributed by atoms with Crippen LogP contribution in [0.3, 0.4) is 0 Å². The minimum absolute atomic E-state index is 0.0907. The van der Waals surface area contributed by atoms with Gasteiger partial charge in [0.2, 0.25) is 5.91 Å². The van der Waals surface area contributed by atoms with E-state index in [4.69, 9.17) is 16.3 Å². The molecule has 0 bridgehead atoms. The number of anilines is 2. The summed E-state index contributed by atoms with van der Waals surface area (Å²) < 4.78 is 5.38. The first-order valence-corrected chi connectivity index (χ1v) is 8.71. The number of ether oxygens (including phenoxy) is 1. The summed E-state index contributed by atoms with van der Waals surface area (Å²) in [6, 6.07) is 5.56. The van der Waals surface area contributed by atoms with Gasteiger partial charge in [0.25, 0.3) is 0 Å². The van der Waals surface area contributed by atoms with Gasteiger partial charge in [-0.05, 0) is 19.1 Å². The molecule has 0 atom stereocenters. The number of thiazole rings is 1. The number of benzene rings is 1. The second-order valence-electron chi connectivity index (χ2n) is 5.32. The second-order valence-corrected chi connectivity index (χ2v) is 6.79. The lowest BCUT2D eigenvalue weighted by atomic mass is 10.2. The largest absolute Gasteiger partial charge is 0.378 e. The highest BCUT2D eigenvalue weighted by Crippen LogP contribution is 2.34. The molecule has 0 saturated carbocycles. The molecule has 0 radical (unpaired) electrons. The highest BCUT2D eigenvalue weighted by molar-refractivity contribution is 7.09. The third kappa shape index (κ3) is 4.02. The molecule has 7 heteroatoms. The van der Waals surface area contributed by atoms with E-state index in [2.05, 4.69) is 15.2 Å². The second kappa shape index (κ2) is 7.29. The Bertz CT molecular complexity index is 698. The number of hydrogen-bond acceptors (Lipinski definition) is 5. The number of nitrogens with one attached hydrogen (secondary N) is 1. The molecule has 1 aliphatic heterocycles. The predicted molar refractivity (Wildman–Crippen MR) is 93.7 cm³/mol. The third-order valence-electron chi connectivity index (χ3n) is 3.60. The van der Waals surface area contributed by atoms with Gasteiger partial charge in [-0.1, -0.05) is 17.7 Å². The van der Waals surface area contributed by atoms with Crippen molar-refractivity contribution in [2.24, 2.45) is 0 Å². The van der Waals surface area contributed by atoms with Crippen molar-refractivity contribution in [3.63, 3.8) is 0 Å². The summed E-state index contributed by atoms with van der Waals surface area (Å²) in [6.07, 6.45) is 0.263. The lowest BCUT2D eigenvalue weighted by Gasteiger charge is -2.31. The van der Waals surface area contributed by atoms with Crippen molar-refractivity contribution in [2.75, 3.05) is 36.5 Å². The van der Waals surface area contributed by atoms with Crippen LogP contribution in [0.2, 0.25) is 5.02 Å². The smallest absolute Gasteiger partial charge is 0.230 e. The number of carbonyl (C=O) groups is 1. The van der Waals surface area contributed by atoms with E-state index in [-0.39, 0.29) is 12.3 Å². The summed E-state index contributed by atoms with van der Waals surface area (Å²) in [4.78, 5) is 18.8. The Hall–Kier alpha value is -1.63. The molecule has 1 aliphatic rings. The van der Waals surface area contributed by atoms with Crippen molar-refractivity contribution in [1.29, 1.82) is 0 Å². The number of carbonyl (C=O) groups excluding carboxylic acids is 1. The normalized spacial score (nSPS) is 14.8. The summed E-state index contributed by atoms with van der Waals surface area (Å²) >= 11 is 7.91. The summed E-state index contributed by atoms with van der Waals surface area (Å²) in [5, 5.41) is 6.47. The first-order chi connectivity index (χ1) is 11.1. The molecule has 1 aromatic carbocycles. The summed E-state index contributed by atoms with van der Waals surface area (Å²) in [7, 11) is 0. The van der Waals surface area contributed by atoms with Crippen molar-refractivity contribution in [1.82, 2.24) is 4.98 Å². The van der Waals surface area contributed by atoms with Gasteiger partial charge in [-0.3, -0.25) is 4.79 Å².